The number of para-hydroxylation sites is 2. The molecule has 0 unspecified atom stereocenters. The normalized spacial score (nSPS) is 15.2. The lowest BCUT2D eigenvalue weighted by Crippen LogP contribution is -2.50. The van der Waals surface area contributed by atoms with Crippen molar-refractivity contribution >= 4 is 29.3 Å². The van der Waals surface area contributed by atoms with E-state index in [1.165, 1.54) is 11.8 Å². The van der Waals surface area contributed by atoms with Gasteiger partial charge in [-0.25, -0.2) is 0 Å². The Labute approximate surface area is 184 Å². The van der Waals surface area contributed by atoms with E-state index in [1.807, 2.05) is 60.0 Å². The van der Waals surface area contributed by atoms with Crippen LogP contribution in [0, 0.1) is 6.92 Å². The van der Waals surface area contributed by atoms with Gasteiger partial charge in [0.2, 0.25) is 5.91 Å². The van der Waals surface area contributed by atoms with Crippen molar-refractivity contribution in [2.45, 2.75) is 24.7 Å². The van der Waals surface area contributed by atoms with Crippen molar-refractivity contribution in [1.82, 2.24) is 20.1 Å². The number of amides is 2. The molecule has 2 aromatic carbocycles. The molecule has 8 nitrogen and oxygen atoms in total. The minimum absolute atomic E-state index is 0.124. The van der Waals surface area contributed by atoms with E-state index in [1.54, 1.807) is 18.0 Å². The fourth-order valence-corrected chi connectivity index (χ4v) is 4.25. The van der Waals surface area contributed by atoms with Crippen LogP contribution in [0.4, 0.5) is 5.69 Å². The highest BCUT2D eigenvalue weighted by atomic mass is 32.2. The lowest BCUT2D eigenvalue weighted by molar-refractivity contribution is -0.127. The van der Waals surface area contributed by atoms with Crippen molar-refractivity contribution in [3.8, 4) is 5.75 Å². The molecule has 1 atom stereocenters. The number of benzene rings is 2. The van der Waals surface area contributed by atoms with Gasteiger partial charge in [0.05, 0.1) is 24.5 Å². The molecule has 2 heterocycles. The number of anilines is 1. The molecule has 2 amide bonds. The largest absolute Gasteiger partial charge is 0.477 e. The van der Waals surface area contributed by atoms with Gasteiger partial charge in [-0.2, -0.15) is 0 Å². The first-order valence-corrected chi connectivity index (χ1v) is 10.9. The monoisotopic (exact) mass is 437 g/mol. The van der Waals surface area contributed by atoms with Gasteiger partial charge in [-0.15, -0.1) is 10.2 Å². The number of nitrogens with one attached hydrogen (secondary N) is 1. The summed E-state index contributed by atoms with van der Waals surface area (Å²) in [5, 5.41) is 11.7. The SMILES string of the molecule is CNC(=O)[C@H]1CN(C(=O)CSc2nnc(C)n2Cc2ccccc2)c2ccccc2O1. The molecule has 160 valence electrons. The number of hydrogen-bond donors (Lipinski definition) is 1. The fraction of sp³-hybridized carbons (Fsp3) is 0.273. The molecule has 1 N–H and O–H groups in total. The number of rotatable bonds is 6. The first kappa shape index (κ1) is 20.9. The lowest BCUT2D eigenvalue weighted by Gasteiger charge is -2.33. The summed E-state index contributed by atoms with van der Waals surface area (Å²) >= 11 is 1.34. The van der Waals surface area contributed by atoms with Crippen LogP contribution in [0.5, 0.6) is 5.75 Å². The highest BCUT2D eigenvalue weighted by Crippen LogP contribution is 2.34. The maximum atomic E-state index is 13.1. The zero-order valence-corrected chi connectivity index (χ0v) is 18.1. The molecule has 0 fully saturated rings. The Morgan fingerprint density at radius 3 is 2.65 bits per heavy atom. The van der Waals surface area contributed by atoms with Crippen molar-refractivity contribution in [3.05, 3.63) is 66.0 Å². The second-order valence-electron chi connectivity index (χ2n) is 7.08. The first-order valence-electron chi connectivity index (χ1n) is 9.91. The standard InChI is InChI=1S/C22H23N5O3S/c1-15-24-25-22(26(15)12-16-8-4-3-5-9-16)31-14-20(28)27-13-19(21(29)23-2)30-18-11-7-6-10-17(18)27/h3-11,19H,12-14H2,1-2H3,(H,23,29)/t19-/m1/s1. The molecule has 0 aliphatic carbocycles. The molecule has 3 aromatic rings. The van der Waals surface area contributed by atoms with E-state index in [-0.39, 0.29) is 24.1 Å². The average molecular weight is 438 g/mol. The molecule has 0 saturated carbocycles. The van der Waals surface area contributed by atoms with Crippen LogP contribution in [0.15, 0.2) is 59.8 Å². The summed E-state index contributed by atoms with van der Waals surface area (Å²) in [4.78, 5) is 26.9. The third-order valence-corrected chi connectivity index (χ3v) is 5.98. The number of likely N-dealkylation sites (N-methyl/N-ethyl adjacent to an activating group) is 1. The Morgan fingerprint density at radius 2 is 1.87 bits per heavy atom. The predicted octanol–water partition coefficient (Wildman–Crippen LogP) is 2.27. The predicted molar refractivity (Wildman–Crippen MR) is 118 cm³/mol. The van der Waals surface area contributed by atoms with E-state index in [0.717, 1.165) is 11.4 Å². The van der Waals surface area contributed by atoms with Crippen LogP contribution in [0.1, 0.15) is 11.4 Å². The van der Waals surface area contributed by atoms with Crippen LogP contribution < -0.4 is 15.0 Å². The zero-order chi connectivity index (χ0) is 21.8. The highest BCUT2D eigenvalue weighted by molar-refractivity contribution is 7.99. The molecule has 0 spiro atoms. The number of ether oxygens (including phenoxy) is 1. The van der Waals surface area contributed by atoms with Crippen molar-refractivity contribution in [2.75, 3.05) is 24.2 Å². The van der Waals surface area contributed by atoms with Crippen molar-refractivity contribution in [1.29, 1.82) is 0 Å². The van der Waals surface area contributed by atoms with Crippen molar-refractivity contribution in [2.24, 2.45) is 0 Å². The molecule has 31 heavy (non-hydrogen) atoms. The van der Waals surface area contributed by atoms with Crippen LogP contribution >= 0.6 is 11.8 Å². The summed E-state index contributed by atoms with van der Waals surface area (Å²) in [6.07, 6.45) is -0.752. The molecule has 1 aliphatic rings. The minimum atomic E-state index is -0.752. The maximum Gasteiger partial charge on any atom is 0.262 e. The average Bonchev–Trinajstić information content (AvgIpc) is 3.15. The Kier molecular flexibility index (Phi) is 6.22. The smallest absolute Gasteiger partial charge is 0.262 e. The van der Waals surface area contributed by atoms with Gasteiger partial charge in [0.25, 0.3) is 5.91 Å². The van der Waals surface area contributed by atoms with E-state index >= 15 is 0 Å². The quantitative estimate of drug-likeness (QED) is 0.595. The maximum absolute atomic E-state index is 13.1. The lowest BCUT2D eigenvalue weighted by atomic mass is 10.2. The van der Waals surface area contributed by atoms with Crippen LogP contribution in [0.2, 0.25) is 0 Å². The van der Waals surface area contributed by atoms with Gasteiger partial charge in [-0.05, 0) is 24.6 Å². The molecule has 0 radical (unpaired) electrons. The van der Waals surface area contributed by atoms with Crippen LogP contribution in [0.25, 0.3) is 0 Å². The molecule has 0 saturated heterocycles. The van der Waals surface area contributed by atoms with Crippen LogP contribution in [-0.4, -0.2) is 52.0 Å². The van der Waals surface area contributed by atoms with Gasteiger partial charge >= 0.3 is 0 Å². The van der Waals surface area contributed by atoms with Gasteiger partial charge < -0.3 is 19.5 Å². The molecule has 0 bridgehead atoms. The second kappa shape index (κ2) is 9.22. The fourth-order valence-electron chi connectivity index (χ4n) is 3.39. The Balaban J connectivity index is 1.50. The third-order valence-electron chi connectivity index (χ3n) is 5.02. The molecule has 1 aliphatic heterocycles. The summed E-state index contributed by atoms with van der Waals surface area (Å²) < 4.78 is 7.77. The molecular weight excluding hydrogens is 414 g/mol. The number of carbonyl (C=O) groups is 2. The number of hydrogen-bond acceptors (Lipinski definition) is 6. The van der Waals surface area contributed by atoms with E-state index in [9.17, 15) is 9.59 Å². The van der Waals surface area contributed by atoms with E-state index in [0.29, 0.717) is 23.1 Å². The van der Waals surface area contributed by atoms with Crippen molar-refractivity contribution in [3.63, 3.8) is 0 Å². The Bertz CT molecular complexity index is 1090. The highest BCUT2D eigenvalue weighted by Gasteiger charge is 2.33. The number of nitrogens with zero attached hydrogens (tertiary/aromatic N) is 4. The van der Waals surface area contributed by atoms with Crippen LogP contribution in [-0.2, 0) is 16.1 Å². The van der Waals surface area contributed by atoms with E-state index < -0.39 is 6.10 Å². The second-order valence-corrected chi connectivity index (χ2v) is 8.03. The minimum Gasteiger partial charge on any atom is -0.477 e. The molecule has 1 aromatic heterocycles. The number of fused-ring (bicyclic) bond motifs is 1. The summed E-state index contributed by atoms with van der Waals surface area (Å²) in [7, 11) is 1.55. The number of thioether (sulfide) groups is 1. The van der Waals surface area contributed by atoms with Gasteiger partial charge in [0, 0.05) is 7.05 Å². The number of carbonyl (C=O) groups excluding carboxylic acids is 2. The zero-order valence-electron chi connectivity index (χ0n) is 17.3. The third kappa shape index (κ3) is 4.56. The van der Waals surface area contributed by atoms with Gasteiger partial charge in [-0.1, -0.05) is 54.2 Å². The van der Waals surface area contributed by atoms with Crippen molar-refractivity contribution < 1.29 is 14.3 Å². The summed E-state index contributed by atoms with van der Waals surface area (Å²) in [6, 6.07) is 17.3. The molecular formula is C22H23N5O3S. The summed E-state index contributed by atoms with van der Waals surface area (Å²) in [5.41, 5.74) is 1.80. The first-order chi connectivity index (χ1) is 15.1. The topological polar surface area (TPSA) is 89.4 Å². The summed E-state index contributed by atoms with van der Waals surface area (Å²) in [6.45, 7) is 2.69. The van der Waals surface area contributed by atoms with Crippen LogP contribution in [0.3, 0.4) is 0 Å². The molecule has 4 rings (SSSR count). The van der Waals surface area contributed by atoms with Gasteiger partial charge in [0.1, 0.15) is 11.6 Å². The van der Waals surface area contributed by atoms with E-state index in [4.69, 9.17) is 4.74 Å². The number of aryl methyl sites for hydroxylation is 1. The van der Waals surface area contributed by atoms with Gasteiger partial charge in [-0.3, -0.25) is 9.59 Å². The number of aromatic nitrogens is 3. The Hall–Kier alpha value is -3.33. The molecule has 9 heteroatoms. The Morgan fingerprint density at radius 1 is 1.13 bits per heavy atom. The summed E-state index contributed by atoms with van der Waals surface area (Å²) in [5.74, 6) is 1.08. The van der Waals surface area contributed by atoms with E-state index in [2.05, 4.69) is 15.5 Å². The van der Waals surface area contributed by atoms with Gasteiger partial charge in [0.15, 0.2) is 11.3 Å².